The quantitative estimate of drug-likeness (QED) is 0.751. The summed E-state index contributed by atoms with van der Waals surface area (Å²) < 4.78 is 10.6. The summed E-state index contributed by atoms with van der Waals surface area (Å²) in [6.07, 6.45) is 1.73. The molecule has 0 radical (unpaired) electrons. The summed E-state index contributed by atoms with van der Waals surface area (Å²) in [6.45, 7) is 7.12. The highest BCUT2D eigenvalue weighted by molar-refractivity contribution is 5.94. The lowest BCUT2D eigenvalue weighted by molar-refractivity contribution is 0.0953. The second-order valence-electron chi connectivity index (χ2n) is 7.38. The van der Waals surface area contributed by atoms with Gasteiger partial charge in [-0.05, 0) is 53.6 Å². The van der Waals surface area contributed by atoms with Crippen molar-refractivity contribution in [1.82, 2.24) is 5.32 Å². The van der Waals surface area contributed by atoms with Crippen LogP contribution in [0.25, 0.3) is 0 Å². The van der Waals surface area contributed by atoms with Gasteiger partial charge in [-0.3, -0.25) is 4.79 Å². The minimum absolute atomic E-state index is 0.0298. The van der Waals surface area contributed by atoms with Crippen LogP contribution in [0.5, 0.6) is 11.5 Å². The molecule has 0 saturated heterocycles. The highest BCUT2D eigenvalue weighted by Gasteiger charge is 2.14. The Hall–Kier alpha value is -2.49. The zero-order chi connectivity index (χ0) is 19.2. The van der Waals surface area contributed by atoms with Crippen LogP contribution in [-0.2, 0) is 11.8 Å². The van der Waals surface area contributed by atoms with Crippen LogP contribution in [0.3, 0.4) is 0 Å². The average molecular weight is 355 g/mol. The molecule has 0 atom stereocenters. The third kappa shape index (κ3) is 5.25. The molecule has 0 aliphatic rings. The van der Waals surface area contributed by atoms with Crippen molar-refractivity contribution in [3.8, 4) is 11.5 Å². The predicted octanol–water partition coefficient (Wildman–Crippen LogP) is 4.36. The fraction of sp³-hybridized carbons (Fsp3) is 0.409. The molecular formula is C22H29NO3. The summed E-state index contributed by atoms with van der Waals surface area (Å²) in [7, 11) is 3.26. The summed E-state index contributed by atoms with van der Waals surface area (Å²) in [5.41, 5.74) is 3.17. The van der Waals surface area contributed by atoms with Crippen LogP contribution >= 0.6 is 0 Å². The van der Waals surface area contributed by atoms with Crippen LogP contribution in [0.1, 0.15) is 48.7 Å². The summed E-state index contributed by atoms with van der Waals surface area (Å²) >= 11 is 0. The number of aryl methyl sites for hydroxylation is 1. The topological polar surface area (TPSA) is 47.6 Å². The molecule has 0 heterocycles. The van der Waals surface area contributed by atoms with Gasteiger partial charge in [-0.15, -0.1) is 0 Å². The van der Waals surface area contributed by atoms with E-state index >= 15 is 0 Å². The molecule has 4 heteroatoms. The summed E-state index contributed by atoms with van der Waals surface area (Å²) in [5.74, 6) is 1.43. The normalized spacial score (nSPS) is 11.1. The maximum absolute atomic E-state index is 12.3. The van der Waals surface area contributed by atoms with Gasteiger partial charge in [0.25, 0.3) is 5.91 Å². The number of ether oxygens (including phenoxy) is 2. The van der Waals surface area contributed by atoms with Crippen LogP contribution in [0.4, 0.5) is 0 Å². The Labute approximate surface area is 156 Å². The first-order valence-electron chi connectivity index (χ1n) is 8.95. The number of rotatable bonds is 7. The van der Waals surface area contributed by atoms with E-state index in [1.54, 1.807) is 14.2 Å². The Morgan fingerprint density at radius 2 is 1.62 bits per heavy atom. The van der Waals surface area contributed by atoms with E-state index in [1.807, 2.05) is 42.5 Å². The van der Waals surface area contributed by atoms with Gasteiger partial charge >= 0.3 is 0 Å². The van der Waals surface area contributed by atoms with E-state index in [0.29, 0.717) is 12.1 Å². The van der Waals surface area contributed by atoms with Crippen LogP contribution in [0, 0.1) is 0 Å². The Kier molecular flexibility index (Phi) is 6.67. The maximum atomic E-state index is 12.3. The Balaban J connectivity index is 1.83. The minimum atomic E-state index is -0.0298. The van der Waals surface area contributed by atoms with E-state index < -0.39 is 0 Å². The smallest absolute Gasteiger partial charge is 0.251 e. The molecule has 2 rings (SSSR count). The van der Waals surface area contributed by atoms with Crippen LogP contribution in [0.2, 0.25) is 0 Å². The van der Waals surface area contributed by atoms with Gasteiger partial charge in [0.05, 0.1) is 14.2 Å². The number of benzene rings is 2. The molecule has 0 spiro atoms. The molecule has 26 heavy (non-hydrogen) atoms. The van der Waals surface area contributed by atoms with E-state index in [2.05, 4.69) is 26.1 Å². The molecule has 0 bridgehead atoms. The molecule has 1 N–H and O–H groups in total. The van der Waals surface area contributed by atoms with Gasteiger partial charge in [-0.2, -0.15) is 0 Å². The van der Waals surface area contributed by atoms with Gasteiger partial charge in [-0.1, -0.05) is 39.0 Å². The molecule has 0 unspecified atom stereocenters. The van der Waals surface area contributed by atoms with Crippen LogP contribution < -0.4 is 14.8 Å². The van der Waals surface area contributed by atoms with Crippen molar-refractivity contribution in [2.75, 3.05) is 20.8 Å². The number of amides is 1. The van der Waals surface area contributed by atoms with Gasteiger partial charge in [0, 0.05) is 12.1 Å². The van der Waals surface area contributed by atoms with Crippen molar-refractivity contribution in [1.29, 1.82) is 0 Å². The van der Waals surface area contributed by atoms with Crippen LogP contribution in [0.15, 0.2) is 42.5 Å². The van der Waals surface area contributed by atoms with Gasteiger partial charge < -0.3 is 14.8 Å². The number of carbonyl (C=O) groups is 1. The van der Waals surface area contributed by atoms with Crippen molar-refractivity contribution in [2.45, 2.75) is 39.0 Å². The highest BCUT2D eigenvalue weighted by Crippen LogP contribution is 2.28. The molecule has 0 fully saturated rings. The molecule has 4 nitrogen and oxygen atoms in total. The zero-order valence-electron chi connectivity index (χ0n) is 16.4. The maximum Gasteiger partial charge on any atom is 0.251 e. The van der Waals surface area contributed by atoms with Crippen molar-refractivity contribution in [2.24, 2.45) is 0 Å². The fourth-order valence-corrected chi connectivity index (χ4v) is 2.75. The Morgan fingerprint density at radius 3 is 2.19 bits per heavy atom. The van der Waals surface area contributed by atoms with Gasteiger partial charge in [-0.25, -0.2) is 0 Å². The first-order valence-corrected chi connectivity index (χ1v) is 8.95. The van der Waals surface area contributed by atoms with Crippen molar-refractivity contribution in [3.05, 3.63) is 59.2 Å². The zero-order valence-corrected chi connectivity index (χ0v) is 16.4. The lowest BCUT2D eigenvalue weighted by Crippen LogP contribution is -2.25. The fourth-order valence-electron chi connectivity index (χ4n) is 2.75. The molecule has 0 saturated carbocycles. The van der Waals surface area contributed by atoms with Crippen molar-refractivity contribution < 1.29 is 14.3 Å². The molecular weight excluding hydrogens is 326 g/mol. The van der Waals surface area contributed by atoms with E-state index in [-0.39, 0.29) is 11.3 Å². The SMILES string of the molecule is COc1ccc(CCCNC(=O)c2ccc(C(C)(C)C)cc2)cc1OC. The first kappa shape index (κ1) is 19.8. The highest BCUT2D eigenvalue weighted by atomic mass is 16.5. The summed E-state index contributed by atoms with van der Waals surface area (Å²) in [4.78, 5) is 12.3. The standard InChI is InChI=1S/C22H29NO3/c1-22(2,3)18-11-9-17(10-12-18)21(24)23-14-6-7-16-8-13-19(25-4)20(15-16)26-5/h8-13,15H,6-7,14H2,1-5H3,(H,23,24). The predicted molar refractivity (Wildman–Crippen MR) is 105 cm³/mol. The second kappa shape index (κ2) is 8.75. The lowest BCUT2D eigenvalue weighted by Gasteiger charge is -2.19. The molecule has 1 amide bonds. The minimum Gasteiger partial charge on any atom is -0.493 e. The third-order valence-electron chi connectivity index (χ3n) is 4.39. The molecule has 0 aliphatic heterocycles. The number of methoxy groups -OCH3 is 2. The van der Waals surface area contributed by atoms with Crippen molar-refractivity contribution >= 4 is 5.91 Å². The number of nitrogens with one attached hydrogen (secondary N) is 1. The van der Waals surface area contributed by atoms with Gasteiger partial charge in [0.1, 0.15) is 0 Å². The molecule has 0 aliphatic carbocycles. The third-order valence-corrected chi connectivity index (χ3v) is 4.39. The molecule has 0 aromatic heterocycles. The molecule has 2 aromatic carbocycles. The molecule has 2 aromatic rings. The molecule has 140 valence electrons. The number of hydrogen-bond donors (Lipinski definition) is 1. The Bertz CT molecular complexity index is 730. The van der Waals surface area contributed by atoms with E-state index in [0.717, 1.165) is 29.9 Å². The van der Waals surface area contributed by atoms with Crippen LogP contribution in [-0.4, -0.2) is 26.7 Å². The summed E-state index contributed by atoms with van der Waals surface area (Å²) in [6, 6.07) is 13.7. The van der Waals surface area contributed by atoms with Crippen molar-refractivity contribution in [3.63, 3.8) is 0 Å². The largest absolute Gasteiger partial charge is 0.493 e. The second-order valence-corrected chi connectivity index (χ2v) is 7.38. The lowest BCUT2D eigenvalue weighted by atomic mass is 9.87. The van der Waals surface area contributed by atoms with E-state index in [1.165, 1.54) is 5.56 Å². The van der Waals surface area contributed by atoms with E-state index in [4.69, 9.17) is 9.47 Å². The monoisotopic (exact) mass is 355 g/mol. The number of hydrogen-bond acceptors (Lipinski definition) is 3. The first-order chi connectivity index (χ1) is 12.3. The number of carbonyl (C=O) groups excluding carboxylic acids is 1. The van der Waals surface area contributed by atoms with Gasteiger partial charge in [0.2, 0.25) is 0 Å². The summed E-state index contributed by atoms with van der Waals surface area (Å²) in [5, 5.41) is 2.98. The Morgan fingerprint density at radius 1 is 0.962 bits per heavy atom. The average Bonchev–Trinajstić information content (AvgIpc) is 2.64. The van der Waals surface area contributed by atoms with E-state index in [9.17, 15) is 4.79 Å². The van der Waals surface area contributed by atoms with Gasteiger partial charge in [0.15, 0.2) is 11.5 Å².